The molecule has 130 valence electrons. The number of benzene rings is 1. The van der Waals surface area contributed by atoms with E-state index < -0.39 is 32.1 Å². The summed E-state index contributed by atoms with van der Waals surface area (Å²) in [6, 6.07) is 2.66. The molecule has 2 saturated heterocycles. The van der Waals surface area contributed by atoms with Gasteiger partial charge in [-0.25, -0.2) is 17.6 Å². The summed E-state index contributed by atoms with van der Waals surface area (Å²) in [5.41, 5.74) is -1.08. The largest absolute Gasteiger partial charge is 0.478 e. The van der Waals surface area contributed by atoms with Gasteiger partial charge in [0.2, 0.25) is 15.9 Å². The molecule has 1 atom stereocenters. The summed E-state index contributed by atoms with van der Waals surface area (Å²) in [6.07, 6.45) is 1.73. The van der Waals surface area contributed by atoms with E-state index in [4.69, 9.17) is 5.11 Å². The topological polar surface area (TPSA) is 104 Å². The molecule has 0 saturated carbocycles. The van der Waals surface area contributed by atoms with Crippen LogP contribution in [0.2, 0.25) is 0 Å². The first kappa shape index (κ1) is 16.8. The number of halogens is 1. The molecule has 0 aliphatic carbocycles. The van der Waals surface area contributed by atoms with Crippen molar-refractivity contribution in [3.63, 3.8) is 0 Å². The fourth-order valence-electron chi connectivity index (χ4n) is 3.33. The molecule has 1 aromatic carbocycles. The van der Waals surface area contributed by atoms with Crippen LogP contribution in [0.25, 0.3) is 0 Å². The smallest absolute Gasteiger partial charge is 0.335 e. The van der Waals surface area contributed by atoms with E-state index >= 15 is 0 Å². The number of nitrogens with one attached hydrogen (secondary N) is 1. The van der Waals surface area contributed by atoms with Gasteiger partial charge in [0.15, 0.2) is 0 Å². The summed E-state index contributed by atoms with van der Waals surface area (Å²) in [5, 5.41) is 11.7. The number of rotatable bonds is 3. The molecule has 2 aliphatic heterocycles. The van der Waals surface area contributed by atoms with E-state index in [9.17, 15) is 22.4 Å². The molecule has 24 heavy (non-hydrogen) atoms. The second kappa shape index (κ2) is 5.82. The van der Waals surface area contributed by atoms with Crippen molar-refractivity contribution in [1.82, 2.24) is 9.62 Å². The lowest BCUT2D eigenvalue weighted by Crippen LogP contribution is -2.47. The van der Waals surface area contributed by atoms with E-state index in [1.54, 1.807) is 0 Å². The van der Waals surface area contributed by atoms with Crippen molar-refractivity contribution >= 4 is 21.9 Å². The third-order valence-electron chi connectivity index (χ3n) is 4.71. The van der Waals surface area contributed by atoms with Gasteiger partial charge in [0.05, 0.1) is 11.0 Å². The Morgan fingerprint density at radius 2 is 2.08 bits per heavy atom. The van der Waals surface area contributed by atoms with Gasteiger partial charge in [-0.2, -0.15) is 4.31 Å². The number of carbonyl (C=O) groups is 2. The minimum Gasteiger partial charge on any atom is -0.478 e. The van der Waals surface area contributed by atoms with Crippen LogP contribution < -0.4 is 5.32 Å². The molecule has 2 aliphatic rings. The first-order valence-corrected chi connectivity index (χ1v) is 9.02. The van der Waals surface area contributed by atoms with Gasteiger partial charge in [-0.1, -0.05) is 0 Å². The van der Waals surface area contributed by atoms with Crippen LogP contribution in [0.15, 0.2) is 23.1 Å². The lowest BCUT2D eigenvalue weighted by atomic mass is 9.79. The molecule has 2 fully saturated rings. The fraction of sp³-hybridized carbons (Fsp3) is 0.467. The number of hydrogen-bond donors (Lipinski definition) is 2. The van der Waals surface area contributed by atoms with Gasteiger partial charge in [0, 0.05) is 19.6 Å². The molecule has 7 nitrogen and oxygen atoms in total. The number of piperidine rings is 1. The normalized spacial score (nSPS) is 25.0. The molecule has 3 rings (SSSR count). The van der Waals surface area contributed by atoms with E-state index in [1.165, 1.54) is 0 Å². The van der Waals surface area contributed by atoms with Crippen molar-refractivity contribution in [1.29, 1.82) is 0 Å². The Morgan fingerprint density at radius 3 is 2.75 bits per heavy atom. The number of hydrogen-bond acceptors (Lipinski definition) is 4. The zero-order valence-corrected chi connectivity index (χ0v) is 13.6. The molecule has 0 unspecified atom stereocenters. The van der Waals surface area contributed by atoms with E-state index in [-0.39, 0.29) is 24.6 Å². The fourth-order valence-corrected chi connectivity index (χ4v) is 4.95. The molecule has 9 heteroatoms. The Labute approximate surface area is 138 Å². The molecule has 1 spiro atoms. The predicted octanol–water partition coefficient (Wildman–Crippen LogP) is 0.815. The van der Waals surface area contributed by atoms with Gasteiger partial charge < -0.3 is 10.4 Å². The van der Waals surface area contributed by atoms with Gasteiger partial charge in [-0.05, 0) is 37.5 Å². The maximum Gasteiger partial charge on any atom is 0.335 e. The molecule has 2 heterocycles. The molecular weight excluding hydrogens is 339 g/mol. The van der Waals surface area contributed by atoms with Gasteiger partial charge in [0.1, 0.15) is 10.7 Å². The Bertz CT molecular complexity index is 810. The van der Waals surface area contributed by atoms with Gasteiger partial charge in [-0.3, -0.25) is 4.79 Å². The van der Waals surface area contributed by atoms with Crippen molar-refractivity contribution in [2.24, 2.45) is 5.41 Å². The quantitative estimate of drug-likeness (QED) is 0.834. The zero-order valence-electron chi connectivity index (χ0n) is 12.8. The standard InChI is InChI=1S/C15H17FN2O5S/c16-11-3-2-10(13(19)20)8-12(11)24(22,23)18-7-5-15(9-18)4-1-6-17-14(15)21/h2-3,8H,1,4-7,9H2,(H,17,21)(H,19,20)/t15-/m0/s1. The van der Waals surface area contributed by atoms with Crippen molar-refractivity contribution in [2.45, 2.75) is 24.2 Å². The molecule has 0 aromatic heterocycles. The Balaban J connectivity index is 1.93. The van der Waals surface area contributed by atoms with Crippen LogP contribution in [-0.4, -0.2) is 49.3 Å². The first-order valence-electron chi connectivity index (χ1n) is 7.58. The number of sulfonamides is 1. The lowest BCUT2D eigenvalue weighted by Gasteiger charge is -2.32. The van der Waals surface area contributed by atoms with Gasteiger partial charge in [0.25, 0.3) is 0 Å². The second-order valence-corrected chi connectivity index (χ2v) is 8.09. The predicted molar refractivity (Wildman–Crippen MR) is 81.4 cm³/mol. The minimum atomic E-state index is -4.21. The number of nitrogens with zero attached hydrogens (tertiary/aromatic N) is 1. The molecular formula is C15H17FN2O5S. The summed E-state index contributed by atoms with van der Waals surface area (Å²) in [6.45, 7) is 0.660. The van der Waals surface area contributed by atoms with Crippen LogP contribution in [0.3, 0.4) is 0 Å². The van der Waals surface area contributed by atoms with Crippen LogP contribution in [0.5, 0.6) is 0 Å². The summed E-state index contributed by atoms with van der Waals surface area (Å²) >= 11 is 0. The number of carbonyl (C=O) groups excluding carboxylic acids is 1. The van der Waals surface area contributed by atoms with Crippen LogP contribution in [0.4, 0.5) is 4.39 Å². The van der Waals surface area contributed by atoms with Crippen LogP contribution in [0.1, 0.15) is 29.6 Å². The third kappa shape index (κ3) is 2.67. The second-order valence-electron chi connectivity index (χ2n) is 6.18. The summed E-state index contributed by atoms with van der Waals surface area (Å²) < 4.78 is 40.5. The number of aromatic carboxylic acids is 1. The van der Waals surface area contributed by atoms with Crippen LogP contribution >= 0.6 is 0 Å². The van der Waals surface area contributed by atoms with E-state index in [1.807, 2.05) is 0 Å². The van der Waals surface area contributed by atoms with Crippen LogP contribution in [0, 0.1) is 11.2 Å². The minimum absolute atomic E-state index is 0.0160. The average Bonchev–Trinajstić information content (AvgIpc) is 2.96. The van der Waals surface area contributed by atoms with Crippen LogP contribution in [-0.2, 0) is 14.8 Å². The molecule has 0 radical (unpaired) electrons. The Kier molecular flexibility index (Phi) is 4.08. The first-order chi connectivity index (χ1) is 11.3. The van der Waals surface area contributed by atoms with Crippen molar-refractivity contribution < 1.29 is 27.5 Å². The third-order valence-corrected chi connectivity index (χ3v) is 6.57. The highest BCUT2D eigenvalue weighted by atomic mass is 32.2. The lowest BCUT2D eigenvalue weighted by molar-refractivity contribution is -0.132. The summed E-state index contributed by atoms with van der Waals surface area (Å²) in [5.74, 6) is -2.52. The summed E-state index contributed by atoms with van der Waals surface area (Å²) in [7, 11) is -4.21. The van der Waals surface area contributed by atoms with E-state index in [2.05, 4.69) is 5.32 Å². The van der Waals surface area contributed by atoms with E-state index in [0.29, 0.717) is 19.4 Å². The number of amides is 1. The molecule has 1 aromatic rings. The highest BCUT2D eigenvalue weighted by Gasteiger charge is 2.49. The van der Waals surface area contributed by atoms with Gasteiger partial charge in [-0.15, -0.1) is 0 Å². The Hall–Kier alpha value is -2.00. The average molecular weight is 356 g/mol. The molecule has 0 bridgehead atoms. The SMILES string of the molecule is O=C(O)c1ccc(F)c(S(=O)(=O)N2CC[C@@]3(CCCNC3=O)C2)c1. The number of carboxylic acids is 1. The van der Waals surface area contributed by atoms with Crippen molar-refractivity contribution in [3.8, 4) is 0 Å². The number of carboxylic acid groups (broad SMARTS) is 1. The van der Waals surface area contributed by atoms with Crippen molar-refractivity contribution in [3.05, 3.63) is 29.6 Å². The monoisotopic (exact) mass is 356 g/mol. The molecule has 1 amide bonds. The highest BCUT2D eigenvalue weighted by Crippen LogP contribution is 2.39. The highest BCUT2D eigenvalue weighted by molar-refractivity contribution is 7.89. The molecule has 2 N–H and O–H groups in total. The Morgan fingerprint density at radius 1 is 1.33 bits per heavy atom. The van der Waals surface area contributed by atoms with Crippen molar-refractivity contribution in [2.75, 3.05) is 19.6 Å². The van der Waals surface area contributed by atoms with Gasteiger partial charge >= 0.3 is 5.97 Å². The zero-order chi connectivity index (χ0) is 17.5. The maximum absolute atomic E-state index is 14.0. The summed E-state index contributed by atoms with van der Waals surface area (Å²) in [4.78, 5) is 22.5. The van der Waals surface area contributed by atoms with E-state index in [0.717, 1.165) is 28.9 Å². The maximum atomic E-state index is 14.0.